The van der Waals surface area contributed by atoms with Crippen molar-refractivity contribution in [3.05, 3.63) is 0 Å². The Labute approximate surface area is 151 Å². The summed E-state index contributed by atoms with van der Waals surface area (Å²) in [6, 6.07) is 0. The van der Waals surface area contributed by atoms with Gasteiger partial charge in [0, 0.05) is 74.5 Å². The van der Waals surface area contributed by atoms with Crippen LogP contribution in [0, 0.1) is 11.8 Å². The molecule has 0 aliphatic carbocycles. The van der Waals surface area contributed by atoms with E-state index in [0.717, 1.165) is 11.8 Å². The molecule has 0 rings (SSSR count). The van der Waals surface area contributed by atoms with E-state index in [1.807, 2.05) is 0 Å². The van der Waals surface area contributed by atoms with Crippen molar-refractivity contribution in [3.63, 3.8) is 0 Å². The standard InChI is InChI=1S/2C6H14.2I2/c2*1-4-6(3)5-2;2*1-2/h2*6H,4-5H2,1-3H3;;. The van der Waals surface area contributed by atoms with Crippen molar-refractivity contribution in [2.75, 3.05) is 0 Å². The van der Waals surface area contributed by atoms with Gasteiger partial charge in [-0.3, -0.25) is 0 Å². The number of rotatable bonds is 4. The predicted molar refractivity (Wildman–Crippen MR) is 116 cm³/mol. The Balaban J connectivity index is -0.0000000686. The minimum absolute atomic E-state index is 0.935. The number of halogens is 4. The monoisotopic (exact) mass is 680 g/mol. The van der Waals surface area contributed by atoms with E-state index in [4.69, 9.17) is 0 Å². The summed E-state index contributed by atoms with van der Waals surface area (Å²) >= 11 is 8.48. The normalized spacial score (nSPS) is 8.25. The van der Waals surface area contributed by atoms with E-state index in [1.54, 1.807) is 0 Å². The summed E-state index contributed by atoms with van der Waals surface area (Å²) in [5.41, 5.74) is 0. The summed E-state index contributed by atoms with van der Waals surface area (Å²) in [5, 5.41) is 0. The highest BCUT2D eigenvalue weighted by atomic mass is 128. The van der Waals surface area contributed by atoms with Gasteiger partial charge in [0.25, 0.3) is 0 Å². The van der Waals surface area contributed by atoms with E-state index < -0.39 is 0 Å². The minimum Gasteiger partial charge on any atom is -0.0651 e. The molecule has 0 atom stereocenters. The van der Waals surface area contributed by atoms with Gasteiger partial charge in [-0.25, -0.2) is 0 Å². The molecule has 0 aliphatic rings. The summed E-state index contributed by atoms with van der Waals surface area (Å²) in [6.45, 7) is 13.5. The first-order chi connectivity index (χ1) is 7.62. The number of hydrogen-bond acceptors (Lipinski definition) is 0. The van der Waals surface area contributed by atoms with E-state index >= 15 is 0 Å². The Morgan fingerprint density at radius 1 is 0.562 bits per heavy atom. The highest BCUT2D eigenvalue weighted by molar-refractivity contribution is 15.0. The molecule has 104 valence electrons. The van der Waals surface area contributed by atoms with Crippen LogP contribution in [0.25, 0.3) is 0 Å². The molecule has 0 spiro atoms. The molecule has 16 heavy (non-hydrogen) atoms. The first-order valence-corrected chi connectivity index (χ1v) is 18.5. The minimum atomic E-state index is 0.935. The third-order valence-electron chi connectivity index (χ3n) is 2.79. The highest BCUT2D eigenvalue weighted by Crippen LogP contribution is 2.03. The molecule has 0 saturated heterocycles. The van der Waals surface area contributed by atoms with Crippen LogP contribution in [0.15, 0.2) is 0 Å². The van der Waals surface area contributed by atoms with E-state index in [0.29, 0.717) is 0 Å². The Bertz CT molecular complexity index is 61.4. The summed E-state index contributed by atoms with van der Waals surface area (Å²) in [5.74, 6) is 1.87. The van der Waals surface area contributed by atoms with Gasteiger partial charge in [0.15, 0.2) is 0 Å². The lowest BCUT2D eigenvalue weighted by Crippen LogP contribution is -1.85. The molecular formula is C12H28I4. The maximum absolute atomic E-state index is 2.28. The second kappa shape index (κ2) is 30.7. The average molecular weight is 680 g/mol. The van der Waals surface area contributed by atoms with Crippen molar-refractivity contribution in [2.45, 2.75) is 67.2 Å². The van der Waals surface area contributed by atoms with Crippen LogP contribution >= 0.6 is 74.5 Å². The second-order valence-corrected chi connectivity index (χ2v) is 3.84. The SMILES string of the molecule is CCC(C)CC.CCC(C)CC.II.II. The zero-order valence-electron chi connectivity index (χ0n) is 11.5. The van der Waals surface area contributed by atoms with Crippen molar-refractivity contribution in [3.8, 4) is 0 Å². The van der Waals surface area contributed by atoms with E-state index in [1.165, 1.54) is 25.7 Å². The van der Waals surface area contributed by atoms with E-state index in [9.17, 15) is 0 Å². The Morgan fingerprint density at radius 2 is 0.688 bits per heavy atom. The van der Waals surface area contributed by atoms with Gasteiger partial charge in [-0.15, -0.1) is 0 Å². The van der Waals surface area contributed by atoms with Gasteiger partial charge in [0.2, 0.25) is 0 Å². The van der Waals surface area contributed by atoms with Crippen LogP contribution in [0.4, 0.5) is 0 Å². The van der Waals surface area contributed by atoms with Crippen molar-refractivity contribution in [1.29, 1.82) is 0 Å². The maximum Gasteiger partial charge on any atom is 0 e. The second-order valence-electron chi connectivity index (χ2n) is 3.84. The first-order valence-electron chi connectivity index (χ1n) is 5.90. The fourth-order valence-electron chi connectivity index (χ4n) is 0.577. The zero-order chi connectivity index (χ0) is 14.0. The van der Waals surface area contributed by atoms with Crippen LogP contribution in [0.1, 0.15) is 67.2 Å². The topological polar surface area (TPSA) is 0 Å². The van der Waals surface area contributed by atoms with Crippen molar-refractivity contribution < 1.29 is 0 Å². The van der Waals surface area contributed by atoms with Crippen LogP contribution in [0.3, 0.4) is 0 Å². The fraction of sp³-hybridized carbons (Fsp3) is 1.00. The molecule has 0 N–H and O–H groups in total. The Morgan fingerprint density at radius 3 is 0.688 bits per heavy atom. The molecule has 0 saturated carbocycles. The van der Waals surface area contributed by atoms with Crippen molar-refractivity contribution >= 4 is 74.5 Å². The van der Waals surface area contributed by atoms with Gasteiger partial charge in [-0.2, -0.15) is 0 Å². The molecule has 0 heterocycles. The molecule has 0 aliphatic heterocycles. The Kier molecular flexibility index (Phi) is 52.4. The average Bonchev–Trinajstić information content (AvgIpc) is 2.41. The van der Waals surface area contributed by atoms with Gasteiger partial charge < -0.3 is 0 Å². The maximum atomic E-state index is 2.28. The molecule has 0 aromatic carbocycles. The molecule has 0 fully saturated rings. The molecule has 4 heteroatoms. The van der Waals surface area contributed by atoms with Crippen molar-refractivity contribution in [1.82, 2.24) is 0 Å². The molecule has 0 aromatic heterocycles. The van der Waals surface area contributed by atoms with Crippen LogP contribution in [0.5, 0.6) is 0 Å². The van der Waals surface area contributed by atoms with Crippen LogP contribution in [-0.4, -0.2) is 0 Å². The first kappa shape index (κ1) is 27.3. The highest BCUT2D eigenvalue weighted by Gasteiger charge is 1.89. The summed E-state index contributed by atoms with van der Waals surface area (Å²) in [6.07, 6.45) is 5.32. The molecule has 0 aromatic rings. The molecule has 0 unspecified atom stereocenters. The lowest BCUT2D eigenvalue weighted by molar-refractivity contribution is 0.544. The quantitative estimate of drug-likeness (QED) is 0.262. The van der Waals surface area contributed by atoms with Crippen LogP contribution < -0.4 is 0 Å². The summed E-state index contributed by atoms with van der Waals surface area (Å²) in [7, 11) is 0. The number of hydrogen-bond donors (Lipinski definition) is 0. The van der Waals surface area contributed by atoms with Crippen LogP contribution in [-0.2, 0) is 0 Å². The van der Waals surface area contributed by atoms with Gasteiger partial charge in [0.05, 0.1) is 0 Å². The van der Waals surface area contributed by atoms with Gasteiger partial charge in [0.1, 0.15) is 0 Å². The van der Waals surface area contributed by atoms with Gasteiger partial charge >= 0.3 is 0 Å². The smallest absolute Gasteiger partial charge is 0 e. The van der Waals surface area contributed by atoms with E-state index in [2.05, 4.69) is 116 Å². The summed E-state index contributed by atoms with van der Waals surface area (Å²) < 4.78 is 0. The van der Waals surface area contributed by atoms with Gasteiger partial charge in [-0.1, -0.05) is 67.2 Å². The largest absolute Gasteiger partial charge is 0.0651 e. The molecule has 0 nitrogen and oxygen atoms in total. The molecule has 0 radical (unpaired) electrons. The molecule has 0 amide bonds. The molecule has 0 bridgehead atoms. The lowest BCUT2D eigenvalue weighted by atomic mass is 10.1. The lowest BCUT2D eigenvalue weighted by Gasteiger charge is -1.98. The third kappa shape index (κ3) is 36.0. The zero-order valence-corrected chi connectivity index (χ0v) is 20.1. The van der Waals surface area contributed by atoms with Gasteiger partial charge in [-0.05, 0) is 11.8 Å². The van der Waals surface area contributed by atoms with Crippen molar-refractivity contribution in [2.24, 2.45) is 11.8 Å². The fourth-order valence-corrected chi connectivity index (χ4v) is 0.577. The van der Waals surface area contributed by atoms with E-state index in [-0.39, 0.29) is 0 Å². The summed E-state index contributed by atoms with van der Waals surface area (Å²) in [4.78, 5) is 0. The Hall–Kier alpha value is 2.92. The third-order valence-corrected chi connectivity index (χ3v) is 2.79. The van der Waals surface area contributed by atoms with Crippen LogP contribution in [0.2, 0.25) is 0 Å². The molecular weight excluding hydrogens is 652 g/mol. The predicted octanol–water partition coefficient (Wildman–Crippen LogP) is 8.43.